The number of amides is 1. The van der Waals surface area contributed by atoms with Gasteiger partial charge in [0.15, 0.2) is 0 Å². The molecule has 5 nitrogen and oxygen atoms in total. The van der Waals surface area contributed by atoms with Crippen molar-refractivity contribution in [1.82, 2.24) is 15.1 Å². The van der Waals surface area contributed by atoms with E-state index in [0.29, 0.717) is 22.2 Å². The molecule has 1 unspecified atom stereocenters. The summed E-state index contributed by atoms with van der Waals surface area (Å²) >= 11 is 5.92. The van der Waals surface area contributed by atoms with Gasteiger partial charge in [-0.1, -0.05) is 23.7 Å². The molecule has 2 heterocycles. The van der Waals surface area contributed by atoms with E-state index in [2.05, 4.69) is 10.2 Å². The highest BCUT2D eigenvalue weighted by molar-refractivity contribution is 6.31. The summed E-state index contributed by atoms with van der Waals surface area (Å²) in [6, 6.07) is 5.59. The van der Waals surface area contributed by atoms with Crippen LogP contribution in [0.5, 0.6) is 11.6 Å². The second-order valence-electron chi connectivity index (χ2n) is 4.46. The van der Waals surface area contributed by atoms with Gasteiger partial charge in [-0.2, -0.15) is 5.10 Å². The SMILES string of the molecule is CC1c2cccc(Oc3[nH]ncc3Cl)c2C(=O)N1C. The first-order valence-corrected chi connectivity index (χ1v) is 6.24. The monoisotopic (exact) mass is 277 g/mol. The van der Waals surface area contributed by atoms with Crippen molar-refractivity contribution in [1.29, 1.82) is 0 Å². The molecule has 1 aliphatic heterocycles. The maximum Gasteiger partial charge on any atom is 0.258 e. The van der Waals surface area contributed by atoms with Crippen LogP contribution in [0.3, 0.4) is 0 Å². The molecule has 2 aromatic rings. The number of aromatic nitrogens is 2. The molecule has 1 amide bonds. The first-order valence-electron chi connectivity index (χ1n) is 5.86. The Balaban J connectivity index is 2.06. The van der Waals surface area contributed by atoms with E-state index in [0.717, 1.165) is 5.56 Å². The highest BCUT2D eigenvalue weighted by atomic mass is 35.5. The summed E-state index contributed by atoms with van der Waals surface area (Å²) in [6.07, 6.45) is 1.45. The summed E-state index contributed by atoms with van der Waals surface area (Å²) in [5.74, 6) is 0.781. The van der Waals surface area contributed by atoms with E-state index < -0.39 is 0 Å². The Hall–Kier alpha value is -2.01. The third kappa shape index (κ3) is 1.77. The van der Waals surface area contributed by atoms with Crippen molar-refractivity contribution >= 4 is 17.5 Å². The average Bonchev–Trinajstić information content (AvgIpc) is 2.89. The molecule has 0 spiro atoms. The van der Waals surface area contributed by atoms with Crippen LogP contribution in [-0.2, 0) is 0 Å². The van der Waals surface area contributed by atoms with Gasteiger partial charge in [-0.25, -0.2) is 5.10 Å². The van der Waals surface area contributed by atoms with E-state index in [9.17, 15) is 4.79 Å². The number of halogens is 1. The number of aromatic amines is 1. The van der Waals surface area contributed by atoms with Gasteiger partial charge in [0, 0.05) is 7.05 Å². The van der Waals surface area contributed by atoms with Gasteiger partial charge < -0.3 is 9.64 Å². The number of carbonyl (C=O) groups is 1. The van der Waals surface area contributed by atoms with Crippen LogP contribution < -0.4 is 4.74 Å². The summed E-state index contributed by atoms with van der Waals surface area (Å²) < 4.78 is 5.66. The lowest BCUT2D eigenvalue weighted by Crippen LogP contribution is -2.21. The molecule has 3 rings (SSSR count). The molecule has 1 aromatic heterocycles. The van der Waals surface area contributed by atoms with Gasteiger partial charge in [-0.3, -0.25) is 4.79 Å². The minimum Gasteiger partial charge on any atom is -0.437 e. The van der Waals surface area contributed by atoms with Gasteiger partial charge in [0.1, 0.15) is 10.8 Å². The van der Waals surface area contributed by atoms with E-state index in [1.807, 2.05) is 19.1 Å². The van der Waals surface area contributed by atoms with E-state index in [1.54, 1.807) is 18.0 Å². The highest BCUT2D eigenvalue weighted by Crippen LogP contribution is 2.39. The summed E-state index contributed by atoms with van der Waals surface area (Å²) in [5.41, 5.74) is 1.55. The van der Waals surface area contributed by atoms with Crippen LogP contribution in [0.1, 0.15) is 28.9 Å². The van der Waals surface area contributed by atoms with Crippen LogP contribution in [0.15, 0.2) is 24.4 Å². The largest absolute Gasteiger partial charge is 0.437 e. The van der Waals surface area contributed by atoms with Crippen LogP contribution >= 0.6 is 11.6 Å². The predicted octanol–water partition coefficient (Wildman–Crippen LogP) is 3.00. The Bertz CT molecular complexity index is 653. The third-order valence-corrected chi connectivity index (χ3v) is 3.67. The fraction of sp³-hybridized carbons (Fsp3) is 0.231. The minimum absolute atomic E-state index is 0.0447. The first-order chi connectivity index (χ1) is 9.09. The van der Waals surface area contributed by atoms with E-state index in [-0.39, 0.29) is 11.9 Å². The van der Waals surface area contributed by atoms with Crippen molar-refractivity contribution in [2.45, 2.75) is 13.0 Å². The van der Waals surface area contributed by atoms with Crippen LogP contribution in [0, 0.1) is 0 Å². The number of rotatable bonds is 2. The lowest BCUT2D eigenvalue weighted by Gasteiger charge is -2.14. The highest BCUT2D eigenvalue weighted by Gasteiger charge is 2.34. The topological polar surface area (TPSA) is 58.2 Å². The number of nitrogens with one attached hydrogen (secondary N) is 1. The fourth-order valence-corrected chi connectivity index (χ4v) is 2.34. The van der Waals surface area contributed by atoms with Crippen molar-refractivity contribution in [3.63, 3.8) is 0 Å². The van der Waals surface area contributed by atoms with Gasteiger partial charge in [-0.05, 0) is 18.6 Å². The molecule has 19 heavy (non-hydrogen) atoms. The van der Waals surface area contributed by atoms with Crippen molar-refractivity contribution in [3.8, 4) is 11.6 Å². The van der Waals surface area contributed by atoms with Crippen molar-refractivity contribution in [2.75, 3.05) is 7.05 Å². The summed E-state index contributed by atoms with van der Waals surface area (Å²) in [7, 11) is 1.78. The zero-order valence-electron chi connectivity index (χ0n) is 10.5. The molecular weight excluding hydrogens is 266 g/mol. The zero-order valence-corrected chi connectivity index (χ0v) is 11.2. The Morgan fingerprint density at radius 1 is 1.47 bits per heavy atom. The maximum atomic E-state index is 12.2. The smallest absolute Gasteiger partial charge is 0.258 e. The first kappa shape index (κ1) is 12.0. The lowest BCUT2D eigenvalue weighted by atomic mass is 10.1. The van der Waals surface area contributed by atoms with Gasteiger partial charge in [-0.15, -0.1) is 0 Å². The number of nitrogens with zero attached hydrogens (tertiary/aromatic N) is 2. The standard InChI is InChI=1S/C13H12ClN3O2/c1-7-8-4-3-5-10(11(8)13(18)17(7)2)19-12-9(14)6-15-16-12/h3-7H,1-2H3,(H,15,16). The number of benzene rings is 1. The molecule has 0 saturated carbocycles. The molecule has 1 atom stereocenters. The van der Waals surface area contributed by atoms with Crippen LogP contribution in [0.2, 0.25) is 5.02 Å². The molecule has 1 aliphatic rings. The van der Waals surface area contributed by atoms with Crippen molar-refractivity contribution in [3.05, 3.63) is 40.5 Å². The van der Waals surface area contributed by atoms with Crippen LogP contribution in [0.4, 0.5) is 0 Å². The van der Waals surface area contributed by atoms with Crippen molar-refractivity contribution < 1.29 is 9.53 Å². The lowest BCUT2D eigenvalue weighted by molar-refractivity contribution is 0.0782. The predicted molar refractivity (Wildman–Crippen MR) is 70.6 cm³/mol. The molecule has 1 aromatic carbocycles. The number of fused-ring (bicyclic) bond motifs is 1. The number of ether oxygens (including phenoxy) is 1. The molecule has 98 valence electrons. The van der Waals surface area contributed by atoms with Crippen LogP contribution in [0.25, 0.3) is 0 Å². The maximum absolute atomic E-state index is 12.2. The van der Waals surface area contributed by atoms with Gasteiger partial charge in [0.25, 0.3) is 5.91 Å². The minimum atomic E-state index is -0.0475. The summed E-state index contributed by atoms with van der Waals surface area (Å²) in [6.45, 7) is 1.98. The average molecular weight is 278 g/mol. The second-order valence-corrected chi connectivity index (χ2v) is 4.87. The normalized spacial score (nSPS) is 17.7. The van der Waals surface area contributed by atoms with Crippen LogP contribution in [-0.4, -0.2) is 28.1 Å². The zero-order chi connectivity index (χ0) is 13.6. The van der Waals surface area contributed by atoms with Gasteiger partial charge in [0.2, 0.25) is 5.88 Å². The molecule has 0 aliphatic carbocycles. The number of H-pyrrole nitrogens is 1. The molecule has 6 heteroatoms. The summed E-state index contributed by atoms with van der Waals surface area (Å²) in [4.78, 5) is 13.9. The van der Waals surface area contributed by atoms with Crippen molar-refractivity contribution in [2.24, 2.45) is 0 Å². The molecule has 0 saturated heterocycles. The fourth-order valence-electron chi connectivity index (χ4n) is 2.21. The molecule has 0 fully saturated rings. The number of hydrogen-bond donors (Lipinski definition) is 1. The Morgan fingerprint density at radius 3 is 2.95 bits per heavy atom. The van der Waals surface area contributed by atoms with E-state index in [4.69, 9.17) is 16.3 Å². The Labute approximate surface area is 115 Å². The molecule has 1 N–H and O–H groups in total. The molecule has 0 bridgehead atoms. The Morgan fingerprint density at radius 2 is 2.26 bits per heavy atom. The molecule has 0 radical (unpaired) electrons. The third-order valence-electron chi connectivity index (χ3n) is 3.40. The second kappa shape index (κ2) is 4.28. The van der Waals surface area contributed by atoms with Gasteiger partial charge >= 0.3 is 0 Å². The molecular formula is C13H12ClN3O2. The quantitative estimate of drug-likeness (QED) is 0.918. The van der Waals surface area contributed by atoms with E-state index >= 15 is 0 Å². The number of hydrogen-bond acceptors (Lipinski definition) is 3. The van der Waals surface area contributed by atoms with Gasteiger partial charge in [0.05, 0.1) is 17.8 Å². The summed E-state index contributed by atoms with van der Waals surface area (Å²) in [5, 5.41) is 6.82. The number of carbonyl (C=O) groups excluding carboxylic acids is 1. The van der Waals surface area contributed by atoms with E-state index in [1.165, 1.54) is 6.20 Å². The Kier molecular flexibility index (Phi) is 2.71.